The summed E-state index contributed by atoms with van der Waals surface area (Å²) >= 11 is 1.63. The largest absolute Gasteiger partial charge is 0.367 e. The molecule has 0 saturated heterocycles. The molecule has 1 unspecified atom stereocenters. The first-order chi connectivity index (χ1) is 10.8. The second-order valence-electron chi connectivity index (χ2n) is 5.54. The summed E-state index contributed by atoms with van der Waals surface area (Å²) in [6, 6.07) is 22.0. The van der Waals surface area contributed by atoms with Crippen LogP contribution >= 0.6 is 11.3 Å². The Balaban J connectivity index is 1.84. The van der Waals surface area contributed by atoms with E-state index in [-0.39, 0.29) is 5.78 Å². The first-order valence-corrected chi connectivity index (χ1v) is 8.17. The molecule has 1 aromatic heterocycles. The third-order valence-corrected chi connectivity index (χ3v) is 5.19. The standard InChI is InChI=1S/C19H15NOS/c21-18-15-9-4-5-10-16(15)20-19(18,17-11-6-12-22-17)13-14-7-2-1-3-8-14/h1-12,20H,13H2. The molecule has 3 aromatic rings. The predicted molar refractivity (Wildman–Crippen MR) is 90.5 cm³/mol. The van der Waals surface area contributed by atoms with E-state index in [1.54, 1.807) is 11.3 Å². The Hall–Kier alpha value is -2.39. The fourth-order valence-corrected chi connectivity index (χ4v) is 3.99. The molecule has 0 radical (unpaired) electrons. The summed E-state index contributed by atoms with van der Waals surface area (Å²) in [4.78, 5) is 14.2. The Kier molecular flexibility index (Phi) is 3.09. The molecule has 1 aliphatic rings. The van der Waals surface area contributed by atoms with Gasteiger partial charge in [0.1, 0.15) is 5.54 Å². The van der Waals surface area contributed by atoms with E-state index in [0.29, 0.717) is 6.42 Å². The van der Waals surface area contributed by atoms with Crippen LogP contribution in [0.4, 0.5) is 5.69 Å². The number of para-hydroxylation sites is 1. The zero-order chi connectivity index (χ0) is 15.0. The molecular formula is C19H15NOS. The molecule has 2 nitrogen and oxygen atoms in total. The Labute approximate surface area is 133 Å². The maximum absolute atomic E-state index is 13.2. The molecule has 0 amide bonds. The summed E-state index contributed by atoms with van der Waals surface area (Å²) in [5.41, 5.74) is 2.19. The van der Waals surface area contributed by atoms with E-state index in [2.05, 4.69) is 17.4 Å². The first kappa shape index (κ1) is 13.3. The smallest absolute Gasteiger partial charge is 0.195 e. The van der Waals surface area contributed by atoms with Gasteiger partial charge >= 0.3 is 0 Å². The van der Waals surface area contributed by atoms with Gasteiger partial charge in [0.05, 0.1) is 0 Å². The van der Waals surface area contributed by atoms with Crippen molar-refractivity contribution in [1.29, 1.82) is 0 Å². The SMILES string of the molecule is O=C1c2ccccc2NC1(Cc1ccccc1)c1cccs1. The Morgan fingerprint density at radius 3 is 2.41 bits per heavy atom. The molecule has 2 heterocycles. The summed E-state index contributed by atoms with van der Waals surface area (Å²) < 4.78 is 0. The van der Waals surface area contributed by atoms with Gasteiger partial charge in [-0.2, -0.15) is 0 Å². The van der Waals surface area contributed by atoms with Crippen LogP contribution in [-0.4, -0.2) is 5.78 Å². The topological polar surface area (TPSA) is 29.1 Å². The van der Waals surface area contributed by atoms with Crippen LogP contribution in [0.1, 0.15) is 20.8 Å². The molecule has 1 aliphatic heterocycles. The summed E-state index contributed by atoms with van der Waals surface area (Å²) in [5, 5.41) is 5.54. The van der Waals surface area contributed by atoms with Crippen LogP contribution in [0.5, 0.6) is 0 Å². The van der Waals surface area contributed by atoms with Gasteiger partial charge in [0.2, 0.25) is 0 Å². The monoisotopic (exact) mass is 305 g/mol. The molecule has 1 atom stereocenters. The van der Waals surface area contributed by atoms with Crippen molar-refractivity contribution in [1.82, 2.24) is 0 Å². The van der Waals surface area contributed by atoms with Crippen LogP contribution in [0.25, 0.3) is 0 Å². The Morgan fingerprint density at radius 1 is 0.909 bits per heavy atom. The molecule has 108 valence electrons. The number of benzene rings is 2. The highest BCUT2D eigenvalue weighted by Gasteiger charge is 2.47. The third kappa shape index (κ3) is 1.97. The molecule has 3 heteroatoms. The minimum Gasteiger partial charge on any atom is -0.367 e. The zero-order valence-corrected chi connectivity index (χ0v) is 12.8. The van der Waals surface area contributed by atoms with Crippen molar-refractivity contribution >= 4 is 22.8 Å². The van der Waals surface area contributed by atoms with E-state index in [4.69, 9.17) is 0 Å². The lowest BCUT2D eigenvalue weighted by Crippen LogP contribution is -2.40. The Bertz CT molecular complexity index is 810. The summed E-state index contributed by atoms with van der Waals surface area (Å²) in [6.07, 6.45) is 0.655. The van der Waals surface area contributed by atoms with Crippen molar-refractivity contribution in [3.63, 3.8) is 0 Å². The average molecular weight is 305 g/mol. The molecule has 0 aliphatic carbocycles. The van der Waals surface area contributed by atoms with Gasteiger partial charge in [-0.05, 0) is 29.1 Å². The van der Waals surface area contributed by atoms with E-state index in [1.807, 2.05) is 60.0 Å². The number of hydrogen-bond donors (Lipinski definition) is 1. The van der Waals surface area contributed by atoms with Crippen molar-refractivity contribution in [2.24, 2.45) is 0 Å². The molecule has 22 heavy (non-hydrogen) atoms. The number of carbonyl (C=O) groups is 1. The van der Waals surface area contributed by atoms with Crippen LogP contribution in [0.2, 0.25) is 0 Å². The van der Waals surface area contributed by atoms with Crippen LogP contribution in [-0.2, 0) is 12.0 Å². The van der Waals surface area contributed by atoms with Gasteiger partial charge in [0.15, 0.2) is 5.78 Å². The summed E-state index contributed by atoms with van der Waals surface area (Å²) in [5.74, 6) is 0.161. The van der Waals surface area contributed by atoms with Gasteiger partial charge in [-0.3, -0.25) is 4.79 Å². The fourth-order valence-electron chi connectivity index (χ4n) is 3.12. The maximum Gasteiger partial charge on any atom is 0.195 e. The maximum atomic E-state index is 13.2. The summed E-state index contributed by atoms with van der Waals surface area (Å²) in [7, 11) is 0. The lowest BCUT2D eigenvalue weighted by Gasteiger charge is -2.27. The van der Waals surface area contributed by atoms with Crippen molar-refractivity contribution in [2.75, 3.05) is 5.32 Å². The number of rotatable bonds is 3. The minimum atomic E-state index is -0.681. The van der Waals surface area contributed by atoms with Crippen LogP contribution in [0.3, 0.4) is 0 Å². The molecule has 0 spiro atoms. The number of hydrogen-bond acceptors (Lipinski definition) is 3. The number of thiophene rings is 1. The molecule has 0 bridgehead atoms. The second-order valence-corrected chi connectivity index (χ2v) is 6.49. The van der Waals surface area contributed by atoms with Crippen molar-refractivity contribution in [2.45, 2.75) is 12.0 Å². The van der Waals surface area contributed by atoms with Gasteiger partial charge < -0.3 is 5.32 Å². The van der Waals surface area contributed by atoms with E-state index in [1.165, 1.54) is 0 Å². The van der Waals surface area contributed by atoms with Crippen molar-refractivity contribution < 1.29 is 4.79 Å². The number of nitrogens with one attached hydrogen (secondary N) is 1. The van der Waals surface area contributed by atoms with Gasteiger partial charge in [0, 0.05) is 22.5 Å². The minimum absolute atomic E-state index is 0.161. The molecular weight excluding hydrogens is 290 g/mol. The van der Waals surface area contributed by atoms with Gasteiger partial charge in [-0.25, -0.2) is 0 Å². The molecule has 2 aromatic carbocycles. The fraction of sp³-hybridized carbons (Fsp3) is 0.105. The average Bonchev–Trinajstić information content (AvgIpc) is 3.17. The second kappa shape index (κ2) is 5.11. The quantitative estimate of drug-likeness (QED) is 0.772. The highest BCUT2D eigenvalue weighted by atomic mass is 32.1. The summed E-state index contributed by atoms with van der Waals surface area (Å²) in [6.45, 7) is 0. The van der Waals surface area contributed by atoms with Gasteiger partial charge in [0.25, 0.3) is 0 Å². The molecule has 1 N–H and O–H groups in total. The van der Waals surface area contributed by atoms with Crippen molar-refractivity contribution in [3.8, 4) is 0 Å². The van der Waals surface area contributed by atoms with E-state index >= 15 is 0 Å². The first-order valence-electron chi connectivity index (χ1n) is 7.29. The van der Waals surface area contributed by atoms with Crippen molar-refractivity contribution in [3.05, 3.63) is 88.1 Å². The highest BCUT2D eigenvalue weighted by molar-refractivity contribution is 7.10. The third-order valence-electron chi connectivity index (χ3n) is 4.16. The van der Waals surface area contributed by atoms with Crippen LogP contribution in [0.15, 0.2) is 72.1 Å². The predicted octanol–water partition coefficient (Wildman–Crippen LogP) is 4.49. The number of ketones is 1. The number of carbonyl (C=O) groups excluding carboxylic acids is 1. The highest BCUT2D eigenvalue weighted by Crippen LogP contribution is 2.42. The van der Waals surface area contributed by atoms with Crippen LogP contribution < -0.4 is 5.32 Å². The van der Waals surface area contributed by atoms with E-state index < -0.39 is 5.54 Å². The van der Waals surface area contributed by atoms with Gasteiger partial charge in [-0.1, -0.05) is 48.5 Å². The normalized spacial score (nSPS) is 19.7. The van der Waals surface area contributed by atoms with E-state index in [9.17, 15) is 4.79 Å². The number of fused-ring (bicyclic) bond motifs is 1. The lowest BCUT2D eigenvalue weighted by atomic mass is 9.85. The molecule has 0 fully saturated rings. The van der Waals surface area contributed by atoms with Gasteiger partial charge in [-0.15, -0.1) is 11.3 Å². The molecule has 4 rings (SSSR count). The zero-order valence-electron chi connectivity index (χ0n) is 12.0. The number of anilines is 1. The number of Topliss-reactive ketones (excluding diaryl/α,β-unsaturated/α-hetero) is 1. The Morgan fingerprint density at radius 2 is 1.68 bits per heavy atom. The lowest BCUT2D eigenvalue weighted by molar-refractivity contribution is 0.0919. The molecule has 0 saturated carbocycles. The van der Waals surface area contributed by atoms with E-state index in [0.717, 1.165) is 21.7 Å². The van der Waals surface area contributed by atoms with Crippen LogP contribution in [0, 0.1) is 0 Å².